The van der Waals surface area contributed by atoms with Gasteiger partial charge in [0.1, 0.15) is 0 Å². The zero-order valence-electron chi connectivity index (χ0n) is 8.20. The van der Waals surface area contributed by atoms with Crippen LogP contribution in [0.5, 0.6) is 0 Å². The summed E-state index contributed by atoms with van der Waals surface area (Å²) in [5.41, 5.74) is 8.27. The molecule has 1 aromatic carbocycles. The summed E-state index contributed by atoms with van der Waals surface area (Å²) in [5, 5.41) is 20.8. The van der Waals surface area contributed by atoms with E-state index < -0.39 is 6.10 Å². The Morgan fingerprint density at radius 3 is 2.86 bits per heavy atom. The summed E-state index contributed by atoms with van der Waals surface area (Å²) in [5.74, 6) is 0. The van der Waals surface area contributed by atoms with Crippen molar-refractivity contribution < 1.29 is 10.2 Å². The van der Waals surface area contributed by atoms with E-state index in [1.807, 2.05) is 25.1 Å². The Morgan fingerprint density at radius 1 is 1.50 bits per heavy atom. The van der Waals surface area contributed by atoms with Gasteiger partial charge in [-0.1, -0.05) is 6.07 Å². The molecular formula is C10H16N2O2. The molecule has 0 amide bonds. The second kappa shape index (κ2) is 4.83. The highest BCUT2D eigenvalue weighted by Crippen LogP contribution is 2.20. The summed E-state index contributed by atoms with van der Waals surface area (Å²) in [6.07, 6.45) is -0.740. The monoisotopic (exact) mass is 196 g/mol. The summed E-state index contributed by atoms with van der Waals surface area (Å²) in [6, 6.07) is 5.55. The van der Waals surface area contributed by atoms with Crippen LogP contribution >= 0.6 is 0 Å². The first-order chi connectivity index (χ1) is 6.65. The molecule has 1 unspecified atom stereocenters. The Bertz CT molecular complexity index is 302. The molecule has 5 N–H and O–H groups in total. The largest absolute Gasteiger partial charge is 0.398 e. The first kappa shape index (κ1) is 10.8. The molecule has 0 spiro atoms. The fraction of sp³-hybridized carbons (Fsp3) is 0.400. The van der Waals surface area contributed by atoms with E-state index in [0.717, 1.165) is 11.3 Å². The minimum atomic E-state index is -0.740. The van der Waals surface area contributed by atoms with Crippen LogP contribution in [0.25, 0.3) is 0 Å². The van der Waals surface area contributed by atoms with Crippen LogP contribution in [-0.2, 0) is 0 Å². The summed E-state index contributed by atoms with van der Waals surface area (Å²) >= 11 is 0. The van der Waals surface area contributed by atoms with E-state index in [1.54, 1.807) is 0 Å². The van der Waals surface area contributed by atoms with Gasteiger partial charge in [-0.25, -0.2) is 0 Å². The number of nitrogen functional groups attached to an aromatic ring is 1. The molecule has 0 bridgehead atoms. The highest BCUT2D eigenvalue weighted by molar-refractivity contribution is 5.62. The Morgan fingerprint density at radius 2 is 2.21 bits per heavy atom. The maximum Gasteiger partial charge on any atom is 0.0942 e. The molecule has 1 atom stereocenters. The van der Waals surface area contributed by atoms with Gasteiger partial charge in [-0.15, -0.1) is 0 Å². The zero-order valence-corrected chi connectivity index (χ0v) is 8.20. The molecule has 1 rings (SSSR count). The van der Waals surface area contributed by atoms with E-state index in [2.05, 4.69) is 5.32 Å². The second-order valence-corrected chi connectivity index (χ2v) is 3.24. The molecule has 0 saturated carbocycles. The van der Waals surface area contributed by atoms with Crippen LogP contribution in [0.1, 0.15) is 5.56 Å². The Kier molecular flexibility index (Phi) is 3.73. The molecule has 0 aromatic heterocycles. The maximum absolute atomic E-state index is 9.14. The van der Waals surface area contributed by atoms with Crippen molar-refractivity contribution in [3.05, 3.63) is 23.8 Å². The lowest BCUT2D eigenvalue weighted by Crippen LogP contribution is -2.23. The molecule has 0 saturated heterocycles. The molecule has 4 heteroatoms. The van der Waals surface area contributed by atoms with Crippen molar-refractivity contribution in [2.75, 3.05) is 24.2 Å². The molecule has 0 aliphatic rings. The average Bonchev–Trinajstić information content (AvgIpc) is 2.20. The molecule has 14 heavy (non-hydrogen) atoms. The molecule has 0 heterocycles. The number of aliphatic hydroxyl groups excluding tert-OH is 2. The van der Waals surface area contributed by atoms with Crippen molar-refractivity contribution in [2.45, 2.75) is 13.0 Å². The van der Waals surface area contributed by atoms with Crippen LogP contribution < -0.4 is 11.1 Å². The quantitative estimate of drug-likeness (QED) is 0.524. The third-order valence-electron chi connectivity index (χ3n) is 2.11. The van der Waals surface area contributed by atoms with Crippen LogP contribution in [0.15, 0.2) is 18.2 Å². The van der Waals surface area contributed by atoms with E-state index >= 15 is 0 Å². The van der Waals surface area contributed by atoms with Crippen LogP contribution in [0.3, 0.4) is 0 Å². The van der Waals surface area contributed by atoms with Gasteiger partial charge in [0.15, 0.2) is 0 Å². The highest BCUT2D eigenvalue weighted by Gasteiger charge is 2.04. The SMILES string of the molecule is Cc1c(N)cccc1NCC(O)CO. The minimum absolute atomic E-state index is 0.242. The lowest BCUT2D eigenvalue weighted by Gasteiger charge is -2.13. The molecule has 78 valence electrons. The molecule has 0 fully saturated rings. The number of nitrogens with one attached hydrogen (secondary N) is 1. The smallest absolute Gasteiger partial charge is 0.0942 e. The fourth-order valence-electron chi connectivity index (χ4n) is 1.14. The van der Waals surface area contributed by atoms with Crippen molar-refractivity contribution in [1.82, 2.24) is 0 Å². The maximum atomic E-state index is 9.14. The van der Waals surface area contributed by atoms with Gasteiger partial charge in [-0.05, 0) is 24.6 Å². The van der Waals surface area contributed by atoms with Gasteiger partial charge in [0.25, 0.3) is 0 Å². The number of hydrogen-bond acceptors (Lipinski definition) is 4. The van der Waals surface area contributed by atoms with Crippen molar-refractivity contribution in [3.63, 3.8) is 0 Å². The van der Waals surface area contributed by atoms with Crippen molar-refractivity contribution in [1.29, 1.82) is 0 Å². The van der Waals surface area contributed by atoms with Gasteiger partial charge in [0, 0.05) is 17.9 Å². The van der Waals surface area contributed by atoms with Crippen LogP contribution in [0.2, 0.25) is 0 Å². The molecule has 0 radical (unpaired) electrons. The van der Waals surface area contributed by atoms with E-state index in [0.29, 0.717) is 12.2 Å². The molecule has 0 aliphatic carbocycles. The second-order valence-electron chi connectivity index (χ2n) is 3.24. The number of nitrogens with two attached hydrogens (primary N) is 1. The van der Waals surface area contributed by atoms with Gasteiger partial charge in [0.05, 0.1) is 12.7 Å². The zero-order chi connectivity index (χ0) is 10.6. The van der Waals surface area contributed by atoms with E-state index in [4.69, 9.17) is 15.9 Å². The van der Waals surface area contributed by atoms with Crippen molar-refractivity contribution in [2.24, 2.45) is 0 Å². The average molecular weight is 196 g/mol. The van der Waals surface area contributed by atoms with Crippen LogP contribution in [0.4, 0.5) is 11.4 Å². The van der Waals surface area contributed by atoms with Gasteiger partial charge < -0.3 is 21.3 Å². The summed E-state index contributed by atoms with van der Waals surface area (Å²) in [7, 11) is 0. The Hall–Kier alpha value is -1.26. The number of anilines is 2. The summed E-state index contributed by atoms with van der Waals surface area (Å²) in [4.78, 5) is 0. The van der Waals surface area contributed by atoms with E-state index in [9.17, 15) is 0 Å². The standard InChI is InChI=1S/C10H16N2O2/c1-7-9(11)3-2-4-10(7)12-5-8(14)6-13/h2-4,8,12-14H,5-6,11H2,1H3. The topological polar surface area (TPSA) is 78.5 Å². The van der Waals surface area contributed by atoms with E-state index in [1.165, 1.54) is 0 Å². The highest BCUT2D eigenvalue weighted by atomic mass is 16.3. The van der Waals surface area contributed by atoms with Gasteiger partial charge >= 0.3 is 0 Å². The van der Waals surface area contributed by atoms with E-state index in [-0.39, 0.29) is 6.61 Å². The number of rotatable bonds is 4. The summed E-state index contributed by atoms with van der Waals surface area (Å²) < 4.78 is 0. The third-order valence-corrected chi connectivity index (χ3v) is 2.11. The number of hydrogen-bond donors (Lipinski definition) is 4. The third kappa shape index (κ3) is 2.61. The van der Waals surface area contributed by atoms with Gasteiger partial charge in [0.2, 0.25) is 0 Å². The Labute approximate surface area is 83.4 Å². The van der Waals surface area contributed by atoms with Crippen molar-refractivity contribution in [3.8, 4) is 0 Å². The Balaban J connectivity index is 2.63. The van der Waals surface area contributed by atoms with Crippen molar-refractivity contribution >= 4 is 11.4 Å². The molecule has 0 aliphatic heterocycles. The predicted octanol–water partition coefficient (Wildman–Crippen LogP) is 0.342. The van der Waals surface area contributed by atoms with Crippen LogP contribution in [0, 0.1) is 6.92 Å². The summed E-state index contributed by atoms with van der Waals surface area (Å²) in [6.45, 7) is 1.98. The minimum Gasteiger partial charge on any atom is -0.398 e. The predicted molar refractivity (Wildman–Crippen MR) is 57.2 cm³/mol. The molecule has 1 aromatic rings. The fourth-order valence-corrected chi connectivity index (χ4v) is 1.14. The lowest BCUT2D eigenvalue weighted by atomic mass is 10.1. The molecular weight excluding hydrogens is 180 g/mol. The normalized spacial score (nSPS) is 12.5. The number of benzene rings is 1. The lowest BCUT2D eigenvalue weighted by molar-refractivity contribution is 0.105. The first-order valence-electron chi connectivity index (χ1n) is 4.53. The molecule has 4 nitrogen and oxygen atoms in total. The van der Waals surface area contributed by atoms with Gasteiger partial charge in [-0.2, -0.15) is 0 Å². The number of aliphatic hydroxyl groups is 2. The first-order valence-corrected chi connectivity index (χ1v) is 4.53. The van der Waals surface area contributed by atoms with Crippen LogP contribution in [-0.4, -0.2) is 29.5 Å². The van der Waals surface area contributed by atoms with Gasteiger partial charge in [-0.3, -0.25) is 0 Å².